The highest BCUT2D eigenvalue weighted by Crippen LogP contribution is 2.36. The van der Waals surface area contributed by atoms with Crippen molar-refractivity contribution in [3.05, 3.63) is 34.6 Å². The number of hydrogen-bond donors (Lipinski definition) is 3. The number of fused-ring (bicyclic) bond motifs is 2. The van der Waals surface area contributed by atoms with Gasteiger partial charge >= 0.3 is 5.95 Å². The number of nitrogens with zero attached hydrogens (tertiary/aromatic N) is 3. The summed E-state index contributed by atoms with van der Waals surface area (Å²) in [5.41, 5.74) is 10.3. The van der Waals surface area contributed by atoms with Crippen LogP contribution < -0.4 is 20.9 Å². The summed E-state index contributed by atoms with van der Waals surface area (Å²) in [6, 6.07) is 7.20. The summed E-state index contributed by atoms with van der Waals surface area (Å²) >= 11 is 3.57. The molecule has 140 valence electrons. The molecule has 27 heavy (non-hydrogen) atoms. The number of aromatic nitrogens is 4. The summed E-state index contributed by atoms with van der Waals surface area (Å²) in [6.07, 6.45) is 6.99. The first kappa shape index (κ1) is 16.9. The Morgan fingerprint density at radius 3 is 2.96 bits per heavy atom. The molecule has 0 spiro atoms. The van der Waals surface area contributed by atoms with Crippen molar-refractivity contribution in [2.24, 2.45) is 5.73 Å². The van der Waals surface area contributed by atoms with E-state index in [4.69, 9.17) is 5.73 Å². The summed E-state index contributed by atoms with van der Waals surface area (Å²) in [4.78, 5) is 18.2. The van der Waals surface area contributed by atoms with Crippen LogP contribution >= 0.6 is 15.9 Å². The molecule has 0 amide bonds. The Balaban J connectivity index is 1.50. The molecule has 3 aromatic rings. The van der Waals surface area contributed by atoms with E-state index in [0.717, 1.165) is 66.1 Å². The topological polar surface area (TPSA) is 97.0 Å². The molecule has 1 aliphatic heterocycles. The van der Waals surface area contributed by atoms with Crippen molar-refractivity contribution in [2.45, 2.75) is 44.2 Å². The minimum atomic E-state index is 0.338. The van der Waals surface area contributed by atoms with Gasteiger partial charge in [0.2, 0.25) is 11.5 Å². The molecule has 5 rings (SSSR count). The van der Waals surface area contributed by atoms with Gasteiger partial charge in [0.25, 0.3) is 0 Å². The second kappa shape index (κ2) is 6.76. The molecule has 0 unspecified atom stereocenters. The van der Waals surface area contributed by atoms with E-state index >= 15 is 0 Å². The predicted octanol–water partition coefficient (Wildman–Crippen LogP) is 2.91. The van der Waals surface area contributed by atoms with Crippen molar-refractivity contribution in [2.75, 3.05) is 16.8 Å². The summed E-state index contributed by atoms with van der Waals surface area (Å²) in [7, 11) is 0. The highest BCUT2D eigenvalue weighted by atomic mass is 79.9. The molecule has 0 saturated heterocycles. The van der Waals surface area contributed by atoms with E-state index in [2.05, 4.69) is 64.3 Å². The third-order valence-electron chi connectivity index (χ3n) is 5.63. The molecule has 2 aliphatic rings. The van der Waals surface area contributed by atoms with Gasteiger partial charge < -0.3 is 10.7 Å². The van der Waals surface area contributed by atoms with Crippen molar-refractivity contribution in [3.63, 3.8) is 0 Å². The zero-order chi connectivity index (χ0) is 18.4. The molecule has 8 heteroatoms. The van der Waals surface area contributed by atoms with Crippen molar-refractivity contribution >= 4 is 44.5 Å². The number of H-pyrrole nitrogens is 2. The maximum absolute atomic E-state index is 6.04. The van der Waals surface area contributed by atoms with Gasteiger partial charge in [-0.2, -0.15) is 0 Å². The number of anilines is 3. The number of aromatic amines is 2. The number of nitrogens with two attached hydrogens (primary N) is 1. The maximum atomic E-state index is 6.04. The van der Waals surface area contributed by atoms with Gasteiger partial charge in [-0.05, 0) is 49.4 Å². The van der Waals surface area contributed by atoms with Gasteiger partial charge in [0.05, 0.1) is 24.6 Å². The van der Waals surface area contributed by atoms with Crippen molar-refractivity contribution in [1.29, 1.82) is 0 Å². The number of hydrogen-bond acceptors (Lipinski definition) is 5. The van der Waals surface area contributed by atoms with Crippen molar-refractivity contribution in [3.8, 4) is 0 Å². The van der Waals surface area contributed by atoms with E-state index in [-0.39, 0.29) is 0 Å². The molecule has 2 aromatic heterocycles. The van der Waals surface area contributed by atoms with Gasteiger partial charge in [-0.1, -0.05) is 20.9 Å². The Morgan fingerprint density at radius 2 is 2.11 bits per heavy atom. The van der Waals surface area contributed by atoms with Crippen LogP contribution in [0.15, 0.2) is 29.0 Å². The molecule has 3 heterocycles. The van der Waals surface area contributed by atoms with Crippen LogP contribution in [0.3, 0.4) is 0 Å². The number of imidazole rings is 1. The first-order valence-electron chi connectivity index (χ1n) is 9.52. The Labute approximate surface area is 165 Å². The molecule has 1 aromatic carbocycles. The first-order chi connectivity index (χ1) is 13.2. The number of rotatable bonds is 3. The zero-order valence-electron chi connectivity index (χ0n) is 15.0. The molecule has 1 aliphatic carbocycles. The van der Waals surface area contributed by atoms with Crippen LogP contribution in [0.1, 0.15) is 31.2 Å². The van der Waals surface area contributed by atoms with Gasteiger partial charge in [0.15, 0.2) is 5.52 Å². The highest BCUT2D eigenvalue weighted by Gasteiger charge is 2.30. The number of benzene rings is 1. The van der Waals surface area contributed by atoms with Crippen molar-refractivity contribution < 1.29 is 4.98 Å². The molecule has 5 N–H and O–H groups in total. The maximum Gasteiger partial charge on any atom is 0.347 e. The monoisotopic (exact) mass is 428 g/mol. The largest absolute Gasteiger partial charge is 0.347 e. The predicted molar refractivity (Wildman–Crippen MR) is 109 cm³/mol. The highest BCUT2D eigenvalue weighted by molar-refractivity contribution is 9.10. The van der Waals surface area contributed by atoms with E-state index in [1.807, 2.05) is 0 Å². The molecule has 7 nitrogen and oxygen atoms in total. The van der Waals surface area contributed by atoms with Gasteiger partial charge in [-0.15, -0.1) is 0 Å². The van der Waals surface area contributed by atoms with Crippen LogP contribution in [0.2, 0.25) is 0 Å². The van der Waals surface area contributed by atoms with Crippen molar-refractivity contribution in [1.82, 2.24) is 15.0 Å². The number of nitrogens with one attached hydrogen (secondary N) is 3. The van der Waals surface area contributed by atoms with E-state index in [1.54, 1.807) is 6.33 Å². The lowest BCUT2D eigenvalue weighted by molar-refractivity contribution is -0.348. The fraction of sp³-hybridized carbons (Fsp3) is 0.421. The van der Waals surface area contributed by atoms with Gasteiger partial charge in [-0.25, -0.2) is 9.97 Å². The lowest BCUT2D eigenvalue weighted by Gasteiger charge is -2.25. The summed E-state index contributed by atoms with van der Waals surface area (Å²) in [6.45, 7) is 0.929. The lowest BCUT2D eigenvalue weighted by Crippen LogP contribution is -2.35. The molecular formula is C19H23BrN7+. The second-order valence-electron chi connectivity index (χ2n) is 7.47. The number of halogens is 1. The minimum absolute atomic E-state index is 0.338. The standard InChI is InChI=1S/C19H22BrN7/c20-12-1-6-15-11(9-12)7-8-27(15)18-16-17(23-10-22-16)25-19(26-18)24-14-4-2-13(21)3-5-14/h1,6,9-10,13-14H,2-5,7-8,21H2,(H2,22,23,24,25,26)/p+1. The fourth-order valence-corrected chi connectivity index (χ4v) is 4.59. The van der Waals surface area contributed by atoms with Crippen LogP contribution in [-0.4, -0.2) is 33.6 Å². The Morgan fingerprint density at radius 1 is 1.26 bits per heavy atom. The zero-order valence-corrected chi connectivity index (χ0v) is 16.6. The van der Waals surface area contributed by atoms with E-state index in [0.29, 0.717) is 12.1 Å². The van der Waals surface area contributed by atoms with Crippen LogP contribution in [0, 0.1) is 0 Å². The third-order valence-corrected chi connectivity index (χ3v) is 6.12. The first-order valence-corrected chi connectivity index (χ1v) is 10.3. The summed E-state index contributed by atoms with van der Waals surface area (Å²) in [5, 5.41) is 3.57. The quantitative estimate of drug-likeness (QED) is 0.595. The van der Waals surface area contributed by atoms with Crippen LogP contribution in [-0.2, 0) is 6.42 Å². The Kier molecular flexibility index (Phi) is 4.24. The Bertz CT molecular complexity index is 977. The fourth-order valence-electron chi connectivity index (χ4n) is 4.18. The smallest absolute Gasteiger partial charge is 0.337 e. The van der Waals surface area contributed by atoms with Gasteiger partial charge in [0.1, 0.15) is 0 Å². The average Bonchev–Trinajstić information content (AvgIpc) is 3.29. The molecule has 0 bridgehead atoms. The Hall–Kier alpha value is -2.19. The molecule has 0 radical (unpaired) electrons. The second-order valence-corrected chi connectivity index (χ2v) is 8.38. The summed E-state index contributed by atoms with van der Waals surface area (Å²) < 4.78 is 1.12. The van der Waals surface area contributed by atoms with Gasteiger partial charge in [-0.3, -0.25) is 10.2 Å². The van der Waals surface area contributed by atoms with Crippen LogP contribution in [0.5, 0.6) is 0 Å². The van der Waals surface area contributed by atoms with E-state index < -0.39 is 0 Å². The van der Waals surface area contributed by atoms with E-state index in [9.17, 15) is 0 Å². The molecule has 0 atom stereocenters. The average molecular weight is 429 g/mol. The molecule has 1 saturated carbocycles. The van der Waals surface area contributed by atoms with Crippen LogP contribution in [0.25, 0.3) is 11.2 Å². The molecular weight excluding hydrogens is 406 g/mol. The van der Waals surface area contributed by atoms with E-state index in [1.165, 1.54) is 11.3 Å². The van der Waals surface area contributed by atoms with Gasteiger partial charge in [0, 0.05) is 16.9 Å². The third kappa shape index (κ3) is 3.17. The summed E-state index contributed by atoms with van der Waals surface area (Å²) in [5.74, 6) is 1.78. The van der Waals surface area contributed by atoms with Crippen LogP contribution in [0.4, 0.5) is 17.5 Å². The SMILES string of the molecule is NC1CCC(Nc2nc3nc[nH]c3c(N3CCc4cc(Br)ccc43)[nH+]2)CC1. The minimum Gasteiger partial charge on any atom is -0.337 e. The molecule has 1 fully saturated rings. The lowest BCUT2D eigenvalue weighted by atomic mass is 9.92. The normalized spacial score (nSPS) is 22.2.